The highest BCUT2D eigenvalue weighted by molar-refractivity contribution is 7.99. The van der Waals surface area contributed by atoms with E-state index < -0.39 is 10.0 Å². The van der Waals surface area contributed by atoms with E-state index in [1.165, 1.54) is 17.7 Å². The number of para-hydroxylation sites is 1. The van der Waals surface area contributed by atoms with Gasteiger partial charge in [-0.3, -0.25) is 9.52 Å². The number of hydrogen-bond acceptors (Lipinski definition) is 4. The molecule has 0 aromatic heterocycles. The summed E-state index contributed by atoms with van der Waals surface area (Å²) < 4.78 is 28.1. The first-order valence-electron chi connectivity index (χ1n) is 9.93. The summed E-state index contributed by atoms with van der Waals surface area (Å²) >= 11 is 1.63. The maximum atomic E-state index is 12.7. The second-order valence-electron chi connectivity index (χ2n) is 7.36. The lowest BCUT2D eigenvalue weighted by Crippen LogP contribution is -2.15. The average Bonchev–Trinajstić information content (AvgIpc) is 2.73. The van der Waals surface area contributed by atoms with Crippen molar-refractivity contribution < 1.29 is 13.2 Å². The SMILES string of the molecule is Cc1ccc(SCCC(=O)Nc2ccc(S(=O)(=O)Nc3c(C)cccc3C)cc2)cc1. The van der Waals surface area contributed by atoms with Crippen LogP contribution in [0.4, 0.5) is 11.4 Å². The Balaban J connectivity index is 1.56. The van der Waals surface area contributed by atoms with Crippen LogP contribution in [-0.2, 0) is 14.8 Å². The Morgan fingerprint density at radius 1 is 0.871 bits per heavy atom. The summed E-state index contributed by atoms with van der Waals surface area (Å²) in [5, 5.41) is 2.82. The van der Waals surface area contributed by atoms with Crippen LogP contribution in [0.15, 0.2) is 76.5 Å². The number of carbonyl (C=O) groups excluding carboxylic acids is 1. The minimum atomic E-state index is -3.72. The molecule has 2 N–H and O–H groups in total. The molecule has 0 fully saturated rings. The molecule has 1 amide bonds. The van der Waals surface area contributed by atoms with Crippen molar-refractivity contribution in [2.75, 3.05) is 15.8 Å². The van der Waals surface area contributed by atoms with E-state index in [2.05, 4.69) is 10.0 Å². The lowest BCUT2D eigenvalue weighted by Gasteiger charge is -2.13. The Morgan fingerprint density at radius 2 is 1.48 bits per heavy atom. The summed E-state index contributed by atoms with van der Waals surface area (Å²) in [6, 6.07) is 20.0. The van der Waals surface area contributed by atoms with Gasteiger partial charge in [-0.1, -0.05) is 35.9 Å². The zero-order valence-electron chi connectivity index (χ0n) is 17.8. The van der Waals surface area contributed by atoms with Gasteiger partial charge >= 0.3 is 0 Å². The predicted molar refractivity (Wildman–Crippen MR) is 128 cm³/mol. The van der Waals surface area contributed by atoms with E-state index in [9.17, 15) is 13.2 Å². The van der Waals surface area contributed by atoms with Crippen molar-refractivity contribution in [3.63, 3.8) is 0 Å². The second kappa shape index (κ2) is 10.0. The highest BCUT2D eigenvalue weighted by Crippen LogP contribution is 2.24. The summed E-state index contributed by atoms with van der Waals surface area (Å²) in [4.78, 5) is 13.5. The Bertz CT molecular complexity index is 1140. The van der Waals surface area contributed by atoms with Crippen LogP contribution in [0.25, 0.3) is 0 Å². The van der Waals surface area contributed by atoms with E-state index in [0.29, 0.717) is 23.5 Å². The van der Waals surface area contributed by atoms with E-state index in [4.69, 9.17) is 0 Å². The van der Waals surface area contributed by atoms with Gasteiger partial charge in [-0.2, -0.15) is 0 Å². The molecule has 0 unspecified atom stereocenters. The predicted octanol–water partition coefficient (Wildman–Crippen LogP) is 5.53. The molecular weight excluding hydrogens is 428 g/mol. The maximum Gasteiger partial charge on any atom is 0.261 e. The van der Waals surface area contributed by atoms with Gasteiger partial charge in [-0.15, -0.1) is 11.8 Å². The van der Waals surface area contributed by atoms with Crippen molar-refractivity contribution in [1.29, 1.82) is 0 Å². The molecule has 3 aromatic carbocycles. The first-order valence-corrected chi connectivity index (χ1v) is 12.4. The molecule has 3 aromatic rings. The zero-order valence-corrected chi connectivity index (χ0v) is 19.4. The van der Waals surface area contributed by atoms with E-state index in [0.717, 1.165) is 16.0 Å². The molecule has 31 heavy (non-hydrogen) atoms. The number of rotatable bonds is 8. The number of sulfonamides is 1. The van der Waals surface area contributed by atoms with Gasteiger partial charge in [0.1, 0.15) is 0 Å². The molecule has 3 rings (SSSR count). The summed E-state index contributed by atoms with van der Waals surface area (Å²) in [6.45, 7) is 5.76. The summed E-state index contributed by atoms with van der Waals surface area (Å²) in [5.41, 5.74) is 4.08. The first kappa shape index (κ1) is 22.9. The van der Waals surface area contributed by atoms with Crippen molar-refractivity contribution in [3.8, 4) is 0 Å². The lowest BCUT2D eigenvalue weighted by atomic mass is 10.1. The highest BCUT2D eigenvalue weighted by Gasteiger charge is 2.16. The molecule has 0 aliphatic carbocycles. The smallest absolute Gasteiger partial charge is 0.261 e. The number of anilines is 2. The van der Waals surface area contributed by atoms with E-state index >= 15 is 0 Å². The van der Waals surface area contributed by atoms with Gasteiger partial charge in [-0.05, 0) is 68.3 Å². The molecule has 5 nitrogen and oxygen atoms in total. The fourth-order valence-corrected chi connectivity index (χ4v) is 5.06. The molecule has 0 heterocycles. The molecule has 162 valence electrons. The van der Waals surface area contributed by atoms with Crippen molar-refractivity contribution >= 4 is 39.1 Å². The minimum absolute atomic E-state index is 0.108. The molecule has 0 aliphatic heterocycles. The second-order valence-corrected chi connectivity index (χ2v) is 10.2. The topological polar surface area (TPSA) is 75.3 Å². The molecule has 7 heteroatoms. The third kappa shape index (κ3) is 6.35. The summed E-state index contributed by atoms with van der Waals surface area (Å²) in [6.07, 6.45) is 0.368. The van der Waals surface area contributed by atoms with Crippen LogP contribution in [-0.4, -0.2) is 20.1 Å². The highest BCUT2D eigenvalue weighted by atomic mass is 32.2. The average molecular weight is 455 g/mol. The molecule has 0 bridgehead atoms. The van der Waals surface area contributed by atoms with E-state index in [1.807, 2.05) is 63.2 Å². The fraction of sp³-hybridized carbons (Fsp3) is 0.208. The standard InChI is InChI=1S/C24H26N2O3S2/c1-17-7-11-21(12-8-17)30-16-15-23(27)25-20-9-13-22(14-10-20)31(28,29)26-24-18(2)5-4-6-19(24)3/h4-14,26H,15-16H2,1-3H3,(H,25,27). The van der Waals surface area contributed by atoms with Gasteiger partial charge in [-0.25, -0.2) is 8.42 Å². The monoisotopic (exact) mass is 454 g/mol. The molecule has 0 spiro atoms. The van der Waals surface area contributed by atoms with Crippen molar-refractivity contribution in [1.82, 2.24) is 0 Å². The number of carbonyl (C=O) groups is 1. The molecule has 0 saturated heterocycles. The molecule has 0 radical (unpaired) electrons. The quantitative estimate of drug-likeness (QED) is 0.439. The van der Waals surface area contributed by atoms with Gasteiger partial charge in [0.05, 0.1) is 10.6 Å². The van der Waals surface area contributed by atoms with E-state index in [1.54, 1.807) is 23.9 Å². The normalized spacial score (nSPS) is 11.2. The van der Waals surface area contributed by atoms with Gasteiger partial charge in [0.15, 0.2) is 0 Å². The van der Waals surface area contributed by atoms with Crippen LogP contribution >= 0.6 is 11.8 Å². The zero-order chi connectivity index (χ0) is 22.4. The van der Waals surface area contributed by atoms with Crippen LogP contribution in [0.5, 0.6) is 0 Å². The van der Waals surface area contributed by atoms with Gasteiger partial charge in [0.25, 0.3) is 10.0 Å². The van der Waals surface area contributed by atoms with Crippen molar-refractivity contribution in [2.24, 2.45) is 0 Å². The lowest BCUT2D eigenvalue weighted by molar-refractivity contribution is -0.115. The number of aryl methyl sites for hydroxylation is 3. The minimum Gasteiger partial charge on any atom is -0.326 e. The molecular formula is C24H26N2O3S2. The number of amides is 1. The molecule has 0 atom stereocenters. The Kier molecular flexibility index (Phi) is 7.41. The van der Waals surface area contributed by atoms with Crippen LogP contribution in [0.1, 0.15) is 23.1 Å². The van der Waals surface area contributed by atoms with Crippen molar-refractivity contribution in [2.45, 2.75) is 37.0 Å². The maximum absolute atomic E-state index is 12.7. The Morgan fingerprint density at radius 3 is 2.10 bits per heavy atom. The van der Waals surface area contributed by atoms with Gasteiger partial charge in [0.2, 0.25) is 5.91 Å². The largest absolute Gasteiger partial charge is 0.326 e. The van der Waals surface area contributed by atoms with Crippen LogP contribution in [0, 0.1) is 20.8 Å². The van der Waals surface area contributed by atoms with Crippen LogP contribution in [0.3, 0.4) is 0 Å². The van der Waals surface area contributed by atoms with Crippen LogP contribution < -0.4 is 10.0 Å². The van der Waals surface area contributed by atoms with E-state index in [-0.39, 0.29) is 10.8 Å². The first-order chi connectivity index (χ1) is 14.7. The number of thioether (sulfide) groups is 1. The number of nitrogens with one attached hydrogen (secondary N) is 2. The Hall–Kier alpha value is -2.77. The molecule has 0 saturated carbocycles. The Labute approximate surface area is 188 Å². The van der Waals surface area contributed by atoms with Crippen molar-refractivity contribution in [3.05, 3.63) is 83.4 Å². The summed E-state index contributed by atoms with van der Waals surface area (Å²) in [5.74, 6) is 0.560. The van der Waals surface area contributed by atoms with Gasteiger partial charge < -0.3 is 5.32 Å². The number of hydrogen-bond donors (Lipinski definition) is 2. The van der Waals surface area contributed by atoms with Crippen LogP contribution in [0.2, 0.25) is 0 Å². The third-order valence-corrected chi connectivity index (χ3v) is 7.16. The third-order valence-electron chi connectivity index (χ3n) is 4.78. The summed E-state index contributed by atoms with van der Waals surface area (Å²) in [7, 11) is -3.72. The van der Waals surface area contributed by atoms with Gasteiger partial charge in [0, 0.05) is 22.8 Å². The number of benzene rings is 3. The molecule has 0 aliphatic rings. The fourth-order valence-electron chi connectivity index (χ4n) is 3.01.